The Morgan fingerprint density at radius 3 is 2.54 bits per heavy atom. The van der Waals surface area contributed by atoms with Gasteiger partial charge in [-0.25, -0.2) is 0 Å². The summed E-state index contributed by atoms with van der Waals surface area (Å²) in [4.78, 5) is 11.8. The number of hydrogen-bond acceptors (Lipinski definition) is 5. The van der Waals surface area contributed by atoms with Crippen molar-refractivity contribution in [3.63, 3.8) is 0 Å². The Kier molecular flexibility index (Phi) is 5.72. The third kappa shape index (κ3) is 5.16. The monoisotopic (exact) mass is 331 g/mol. The zero-order valence-corrected chi connectivity index (χ0v) is 14.7. The lowest BCUT2D eigenvalue weighted by Crippen LogP contribution is -2.39. The van der Waals surface area contributed by atoms with Gasteiger partial charge < -0.3 is 14.8 Å². The predicted molar refractivity (Wildman–Crippen MR) is 91.3 cm³/mol. The van der Waals surface area contributed by atoms with Gasteiger partial charge in [-0.2, -0.15) is 0 Å². The van der Waals surface area contributed by atoms with E-state index in [9.17, 15) is 9.90 Å². The molecule has 0 radical (unpaired) electrons. The number of aryl methyl sites for hydroxylation is 2. The molecule has 2 aromatic rings. The van der Waals surface area contributed by atoms with Crippen LogP contribution in [0.3, 0.4) is 0 Å². The van der Waals surface area contributed by atoms with Gasteiger partial charge in [-0.05, 0) is 24.5 Å². The van der Waals surface area contributed by atoms with Crippen LogP contribution < -0.4 is 5.32 Å². The number of aliphatic hydroxyl groups is 1. The van der Waals surface area contributed by atoms with E-state index in [4.69, 9.17) is 4.42 Å². The number of nitrogens with one attached hydrogen (secondary N) is 1. The van der Waals surface area contributed by atoms with Crippen LogP contribution in [0.4, 0.5) is 0 Å². The van der Waals surface area contributed by atoms with Gasteiger partial charge in [-0.15, -0.1) is 10.2 Å². The Balaban J connectivity index is 1.82. The van der Waals surface area contributed by atoms with Crippen molar-refractivity contribution in [3.8, 4) is 11.5 Å². The Bertz CT molecular complexity index is 672. The first-order chi connectivity index (χ1) is 11.3. The van der Waals surface area contributed by atoms with Gasteiger partial charge in [-0.1, -0.05) is 38.5 Å². The lowest BCUT2D eigenvalue weighted by Gasteiger charge is -2.25. The average molecular weight is 331 g/mol. The smallest absolute Gasteiger partial charge is 0.247 e. The lowest BCUT2D eigenvalue weighted by atomic mass is 9.89. The van der Waals surface area contributed by atoms with Crippen molar-refractivity contribution in [1.82, 2.24) is 15.5 Å². The molecule has 0 fully saturated rings. The van der Waals surface area contributed by atoms with Crippen molar-refractivity contribution >= 4 is 5.91 Å². The molecule has 1 aromatic carbocycles. The molecule has 2 N–H and O–H groups in total. The number of nitrogens with zero attached hydrogens (tertiary/aromatic N) is 2. The first-order valence-electron chi connectivity index (χ1n) is 8.10. The number of aromatic nitrogens is 2. The van der Waals surface area contributed by atoms with Crippen molar-refractivity contribution in [2.45, 2.75) is 46.6 Å². The quantitative estimate of drug-likeness (QED) is 0.849. The van der Waals surface area contributed by atoms with Gasteiger partial charge in [0.1, 0.15) is 0 Å². The summed E-state index contributed by atoms with van der Waals surface area (Å²) in [6, 6.07) is 7.81. The van der Waals surface area contributed by atoms with E-state index in [1.165, 1.54) is 0 Å². The van der Waals surface area contributed by atoms with E-state index in [1.54, 1.807) is 0 Å². The summed E-state index contributed by atoms with van der Waals surface area (Å²) in [5.41, 5.74) is 1.76. The summed E-state index contributed by atoms with van der Waals surface area (Å²) in [5, 5.41) is 20.6. The molecule has 0 aliphatic heterocycles. The Labute approximate surface area is 142 Å². The van der Waals surface area contributed by atoms with Crippen LogP contribution >= 0.6 is 0 Å². The molecule has 6 nitrogen and oxygen atoms in total. The highest BCUT2D eigenvalue weighted by Gasteiger charge is 2.22. The van der Waals surface area contributed by atoms with Gasteiger partial charge >= 0.3 is 0 Å². The summed E-state index contributed by atoms with van der Waals surface area (Å²) >= 11 is 0. The summed E-state index contributed by atoms with van der Waals surface area (Å²) in [6.07, 6.45) is 0.0286. The van der Waals surface area contributed by atoms with Crippen LogP contribution in [0.5, 0.6) is 0 Å². The molecule has 24 heavy (non-hydrogen) atoms. The number of hydrogen-bond donors (Lipinski definition) is 2. The Morgan fingerprint density at radius 2 is 1.92 bits per heavy atom. The maximum absolute atomic E-state index is 11.8. The normalized spacial score (nSPS) is 12.9. The molecule has 1 unspecified atom stereocenters. The standard InChI is InChI=1S/C18H25N3O3/c1-12-5-7-13(8-6-12)17-21-20-16(24-17)10-9-15(23)19-11-14(22)18(2,3)4/h5-8,14,22H,9-11H2,1-4H3,(H,19,23). The molecule has 0 aliphatic rings. The lowest BCUT2D eigenvalue weighted by molar-refractivity contribution is -0.121. The first-order valence-corrected chi connectivity index (χ1v) is 8.10. The molecule has 1 heterocycles. The second-order valence-corrected chi connectivity index (χ2v) is 7.05. The topological polar surface area (TPSA) is 88.2 Å². The molecule has 2 rings (SSSR count). The number of rotatable bonds is 6. The third-order valence-electron chi connectivity index (χ3n) is 3.82. The van der Waals surface area contributed by atoms with Crippen LogP contribution in [0.15, 0.2) is 28.7 Å². The number of amides is 1. The Hall–Kier alpha value is -2.21. The van der Waals surface area contributed by atoms with E-state index in [0.717, 1.165) is 11.1 Å². The summed E-state index contributed by atoms with van der Waals surface area (Å²) in [7, 11) is 0. The summed E-state index contributed by atoms with van der Waals surface area (Å²) < 4.78 is 5.59. The van der Waals surface area contributed by atoms with Crippen LogP contribution in [0.2, 0.25) is 0 Å². The average Bonchev–Trinajstić information content (AvgIpc) is 2.99. The molecule has 6 heteroatoms. The largest absolute Gasteiger partial charge is 0.421 e. The molecule has 0 saturated carbocycles. The zero-order chi connectivity index (χ0) is 17.7. The fourth-order valence-corrected chi connectivity index (χ4v) is 1.99. The van der Waals surface area contributed by atoms with Crippen molar-refractivity contribution in [2.75, 3.05) is 6.54 Å². The van der Waals surface area contributed by atoms with Gasteiger partial charge in [0.2, 0.25) is 17.7 Å². The molecule has 0 bridgehead atoms. The minimum absolute atomic E-state index is 0.145. The maximum Gasteiger partial charge on any atom is 0.247 e. The van der Waals surface area contributed by atoms with Crippen LogP contribution in [0.1, 0.15) is 38.6 Å². The van der Waals surface area contributed by atoms with Crippen molar-refractivity contribution < 1.29 is 14.3 Å². The van der Waals surface area contributed by atoms with Crippen molar-refractivity contribution in [1.29, 1.82) is 0 Å². The molecule has 0 aliphatic carbocycles. The minimum atomic E-state index is -0.585. The van der Waals surface area contributed by atoms with E-state index in [1.807, 2.05) is 52.0 Å². The third-order valence-corrected chi connectivity index (χ3v) is 3.82. The van der Waals surface area contributed by atoms with E-state index >= 15 is 0 Å². The van der Waals surface area contributed by atoms with Crippen LogP contribution in [-0.2, 0) is 11.2 Å². The van der Waals surface area contributed by atoms with E-state index in [-0.39, 0.29) is 24.3 Å². The van der Waals surface area contributed by atoms with E-state index in [2.05, 4.69) is 15.5 Å². The highest BCUT2D eigenvalue weighted by molar-refractivity contribution is 5.76. The van der Waals surface area contributed by atoms with Gasteiger partial charge in [0, 0.05) is 24.9 Å². The van der Waals surface area contributed by atoms with Crippen LogP contribution in [0.25, 0.3) is 11.5 Å². The number of carbonyl (C=O) groups is 1. The highest BCUT2D eigenvalue weighted by atomic mass is 16.4. The van der Waals surface area contributed by atoms with Gasteiger partial charge in [-0.3, -0.25) is 4.79 Å². The molecular weight excluding hydrogens is 306 g/mol. The first kappa shape index (κ1) is 18.1. The number of benzene rings is 1. The fourth-order valence-electron chi connectivity index (χ4n) is 1.99. The van der Waals surface area contributed by atoms with E-state index in [0.29, 0.717) is 18.2 Å². The molecule has 1 aromatic heterocycles. The number of carbonyl (C=O) groups excluding carboxylic acids is 1. The molecular formula is C18H25N3O3. The van der Waals surface area contributed by atoms with Crippen LogP contribution in [0, 0.1) is 12.3 Å². The second-order valence-electron chi connectivity index (χ2n) is 7.05. The van der Waals surface area contributed by atoms with Crippen LogP contribution in [-0.4, -0.2) is 33.9 Å². The van der Waals surface area contributed by atoms with Gasteiger partial charge in [0.05, 0.1) is 6.10 Å². The maximum atomic E-state index is 11.8. The van der Waals surface area contributed by atoms with Crippen molar-refractivity contribution in [2.24, 2.45) is 5.41 Å². The van der Waals surface area contributed by atoms with Gasteiger partial charge in [0.25, 0.3) is 0 Å². The predicted octanol–water partition coefficient (Wildman–Crippen LogP) is 2.50. The zero-order valence-electron chi connectivity index (χ0n) is 14.7. The highest BCUT2D eigenvalue weighted by Crippen LogP contribution is 2.19. The number of aliphatic hydroxyl groups excluding tert-OH is 1. The molecule has 130 valence electrons. The summed E-state index contributed by atoms with van der Waals surface area (Å²) in [5.74, 6) is 0.735. The molecule has 1 atom stereocenters. The molecule has 0 saturated heterocycles. The van der Waals surface area contributed by atoms with Gasteiger partial charge in [0.15, 0.2) is 0 Å². The van der Waals surface area contributed by atoms with E-state index < -0.39 is 6.10 Å². The molecule has 0 spiro atoms. The fraction of sp³-hybridized carbons (Fsp3) is 0.500. The minimum Gasteiger partial charge on any atom is -0.421 e. The summed E-state index contributed by atoms with van der Waals surface area (Å²) in [6.45, 7) is 8.03. The Morgan fingerprint density at radius 1 is 1.25 bits per heavy atom. The second kappa shape index (κ2) is 7.57. The van der Waals surface area contributed by atoms with Crippen molar-refractivity contribution in [3.05, 3.63) is 35.7 Å². The SMILES string of the molecule is Cc1ccc(-c2nnc(CCC(=O)NCC(O)C(C)(C)C)o2)cc1. The molecule has 1 amide bonds.